The van der Waals surface area contributed by atoms with Gasteiger partial charge in [-0.05, 0) is 84.9 Å². The molecule has 256 valence electrons. The Kier molecular flexibility index (Phi) is 7.14. The normalized spacial score (nSPS) is 11.6. The van der Waals surface area contributed by atoms with Crippen LogP contribution in [0, 0.1) is 0 Å². The van der Waals surface area contributed by atoms with Crippen LogP contribution in [0.1, 0.15) is 0 Å². The minimum atomic E-state index is 0.585. The molecule has 0 N–H and O–H groups in total. The first-order valence-corrected chi connectivity index (χ1v) is 18.5. The summed E-state index contributed by atoms with van der Waals surface area (Å²) in [4.78, 5) is 15.6. The predicted molar refractivity (Wildman–Crippen MR) is 227 cm³/mol. The molecule has 0 radical (unpaired) electrons. The van der Waals surface area contributed by atoms with Crippen molar-refractivity contribution < 1.29 is 4.42 Å². The van der Waals surface area contributed by atoms with Gasteiger partial charge in [0.05, 0.1) is 0 Å². The molecule has 0 fully saturated rings. The lowest BCUT2D eigenvalue weighted by molar-refractivity contribution is 0.669. The van der Waals surface area contributed by atoms with Crippen LogP contribution in [0.2, 0.25) is 0 Å². The topological polar surface area (TPSA) is 51.8 Å². The van der Waals surface area contributed by atoms with Crippen LogP contribution >= 0.6 is 0 Å². The predicted octanol–water partition coefficient (Wildman–Crippen LogP) is 13.6. The van der Waals surface area contributed by atoms with E-state index in [1.165, 1.54) is 21.7 Å². The third-order valence-electron chi connectivity index (χ3n) is 10.7. The van der Waals surface area contributed by atoms with Gasteiger partial charge in [0.1, 0.15) is 11.2 Å². The second kappa shape index (κ2) is 12.6. The number of fused-ring (bicyclic) bond motifs is 7. The molecule has 0 atom stereocenters. The van der Waals surface area contributed by atoms with Crippen LogP contribution in [-0.4, -0.2) is 15.0 Å². The summed E-state index contributed by atoms with van der Waals surface area (Å²) in [6.45, 7) is 0. The number of nitrogens with zero attached hydrogens (tertiary/aromatic N) is 3. The van der Waals surface area contributed by atoms with Crippen LogP contribution in [0.5, 0.6) is 0 Å². The largest absolute Gasteiger partial charge is 0.456 e. The summed E-state index contributed by atoms with van der Waals surface area (Å²) in [6, 6.07) is 65.8. The Hall–Kier alpha value is -7.43. The van der Waals surface area contributed by atoms with E-state index in [0.717, 1.165) is 71.5 Å². The first kappa shape index (κ1) is 31.1. The highest BCUT2D eigenvalue weighted by molar-refractivity contribution is 6.14. The van der Waals surface area contributed by atoms with Crippen molar-refractivity contribution in [2.75, 3.05) is 0 Å². The molecule has 0 bridgehead atoms. The Morgan fingerprint density at radius 3 is 1.76 bits per heavy atom. The van der Waals surface area contributed by atoms with E-state index in [9.17, 15) is 0 Å². The van der Waals surface area contributed by atoms with Crippen molar-refractivity contribution in [2.45, 2.75) is 0 Å². The molecule has 0 unspecified atom stereocenters. The first-order chi connectivity index (χ1) is 27.2. The number of benzene rings is 9. The number of hydrogen-bond acceptors (Lipinski definition) is 4. The van der Waals surface area contributed by atoms with E-state index in [-0.39, 0.29) is 0 Å². The minimum Gasteiger partial charge on any atom is -0.456 e. The van der Waals surface area contributed by atoms with Crippen molar-refractivity contribution in [2.24, 2.45) is 0 Å². The Morgan fingerprint density at radius 2 is 0.927 bits per heavy atom. The van der Waals surface area contributed by atoms with Crippen LogP contribution in [-0.2, 0) is 0 Å². The zero-order chi connectivity index (χ0) is 36.3. The quantitative estimate of drug-likeness (QED) is 0.168. The number of furan rings is 1. The Bertz CT molecular complexity index is 3260. The van der Waals surface area contributed by atoms with Crippen molar-refractivity contribution in [3.63, 3.8) is 0 Å². The van der Waals surface area contributed by atoms with Gasteiger partial charge in [0.25, 0.3) is 0 Å². The molecule has 9 aromatic carbocycles. The third-order valence-corrected chi connectivity index (χ3v) is 10.7. The van der Waals surface area contributed by atoms with E-state index in [1.807, 2.05) is 12.1 Å². The van der Waals surface area contributed by atoms with Gasteiger partial charge < -0.3 is 4.42 Å². The first-order valence-electron chi connectivity index (χ1n) is 18.5. The Labute approximate surface area is 317 Å². The summed E-state index contributed by atoms with van der Waals surface area (Å²) in [7, 11) is 0. The van der Waals surface area contributed by atoms with Crippen LogP contribution in [0.4, 0.5) is 0 Å². The molecule has 55 heavy (non-hydrogen) atoms. The van der Waals surface area contributed by atoms with Gasteiger partial charge in [-0.25, -0.2) is 15.0 Å². The molecule has 4 nitrogen and oxygen atoms in total. The smallest absolute Gasteiger partial charge is 0.164 e. The Morgan fingerprint density at radius 1 is 0.291 bits per heavy atom. The van der Waals surface area contributed by atoms with E-state index < -0.39 is 0 Å². The van der Waals surface area contributed by atoms with Crippen molar-refractivity contribution in [1.29, 1.82) is 0 Å². The number of aromatic nitrogens is 3. The van der Waals surface area contributed by atoms with Crippen LogP contribution in [0.15, 0.2) is 192 Å². The molecule has 2 aromatic heterocycles. The van der Waals surface area contributed by atoms with Gasteiger partial charge in [0.15, 0.2) is 17.5 Å². The van der Waals surface area contributed by atoms with Gasteiger partial charge in [-0.15, -0.1) is 0 Å². The fraction of sp³-hybridized carbons (Fsp3) is 0. The molecule has 4 heteroatoms. The van der Waals surface area contributed by atoms with E-state index >= 15 is 0 Å². The van der Waals surface area contributed by atoms with Crippen LogP contribution < -0.4 is 0 Å². The van der Waals surface area contributed by atoms with Gasteiger partial charge in [0.2, 0.25) is 0 Å². The van der Waals surface area contributed by atoms with Gasteiger partial charge in [-0.2, -0.15) is 0 Å². The molecule has 11 aromatic rings. The van der Waals surface area contributed by atoms with Crippen molar-refractivity contribution >= 4 is 54.3 Å². The number of rotatable bonds is 5. The summed E-state index contributed by atoms with van der Waals surface area (Å²) in [5.74, 6) is 1.82. The Balaban J connectivity index is 1.09. The summed E-state index contributed by atoms with van der Waals surface area (Å²) in [6.07, 6.45) is 0. The molecule has 0 amide bonds. The molecule has 0 aliphatic rings. The van der Waals surface area contributed by atoms with Gasteiger partial charge in [0, 0.05) is 27.5 Å². The molecule has 0 saturated carbocycles. The fourth-order valence-corrected chi connectivity index (χ4v) is 8.00. The van der Waals surface area contributed by atoms with E-state index in [0.29, 0.717) is 17.5 Å². The average Bonchev–Trinajstić information content (AvgIpc) is 3.64. The van der Waals surface area contributed by atoms with Gasteiger partial charge >= 0.3 is 0 Å². The van der Waals surface area contributed by atoms with Crippen molar-refractivity contribution in [1.82, 2.24) is 15.0 Å². The van der Waals surface area contributed by atoms with Gasteiger partial charge in [-0.1, -0.05) is 158 Å². The zero-order valence-electron chi connectivity index (χ0n) is 29.6. The highest BCUT2D eigenvalue weighted by atomic mass is 16.3. The summed E-state index contributed by atoms with van der Waals surface area (Å²) in [5, 5.41) is 9.19. The number of hydrogen-bond donors (Lipinski definition) is 0. The molecule has 0 aliphatic heterocycles. The van der Waals surface area contributed by atoms with E-state index in [4.69, 9.17) is 19.4 Å². The molecule has 2 heterocycles. The third kappa shape index (κ3) is 5.34. The van der Waals surface area contributed by atoms with E-state index in [1.54, 1.807) is 0 Å². The molecule has 0 saturated heterocycles. The van der Waals surface area contributed by atoms with E-state index in [2.05, 4.69) is 176 Å². The summed E-state index contributed by atoms with van der Waals surface area (Å²) in [5.41, 5.74) is 8.96. The standard InChI is InChI=1S/C51H31N3O/c1-2-12-34(13-3-1)41-19-10-20-46-48(41)44-28-27-39(31-47(44)55-46)50-52-49(35-24-21-33(22-25-35)37-26-23-32-11-4-5-14-36(32)29-37)53-51(54-50)45-30-38-15-6-7-16-40(38)42-17-8-9-18-43(42)45/h1-31H. The summed E-state index contributed by atoms with van der Waals surface area (Å²) < 4.78 is 6.52. The van der Waals surface area contributed by atoms with Crippen LogP contribution in [0.3, 0.4) is 0 Å². The maximum absolute atomic E-state index is 6.52. The lowest BCUT2D eigenvalue weighted by atomic mass is 9.96. The lowest BCUT2D eigenvalue weighted by Gasteiger charge is -2.13. The SMILES string of the molecule is c1ccc(-c2cccc3oc4cc(-c5nc(-c6ccc(-c7ccc8ccccc8c7)cc6)nc(-c6cc7ccccc7c7ccccc67)n5)ccc4c23)cc1. The van der Waals surface area contributed by atoms with Crippen molar-refractivity contribution in [3.05, 3.63) is 188 Å². The lowest BCUT2D eigenvalue weighted by Crippen LogP contribution is -2.01. The molecular formula is C51H31N3O. The highest BCUT2D eigenvalue weighted by Gasteiger charge is 2.18. The molecule has 11 rings (SSSR count). The van der Waals surface area contributed by atoms with Crippen molar-refractivity contribution in [3.8, 4) is 56.4 Å². The average molecular weight is 702 g/mol. The minimum absolute atomic E-state index is 0.585. The maximum atomic E-state index is 6.52. The molecule has 0 spiro atoms. The van der Waals surface area contributed by atoms with Gasteiger partial charge in [-0.3, -0.25) is 0 Å². The zero-order valence-corrected chi connectivity index (χ0v) is 29.6. The fourth-order valence-electron chi connectivity index (χ4n) is 8.00. The second-order valence-corrected chi connectivity index (χ2v) is 14.0. The monoisotopic (exact) mass is 701 g/mol. The summed E-state index contributed by atoms with van der Waals surface area (Å²) >= 11 is 0. The van der Waals surface area contributed by atoms with Crippen LogP contribution in [0.25, 0.3) is 111 Å². The second-order valence-electron chi connectivity index (χ2n) is 14.0. The maximum Gasteiger partial charge on any atom is 0.164 e. The highest BCUT2D eigenvalue weighted by Crippen LogP contribution is 2.39. The molecule has 0 aliphatic carbocycles. The molecular weight excluding hydrogens is 671 g/mol.